The van der Waals surface area contributed by atoms with Crippen LogP contribution in [0.25, 0.3) is 0 Å². The van der Waals surface area contributed by atoms with Gasteiger partial charge in [0.2, 0.25) is 17.6 Å². The number of fused-ring (bicyclic) bond motifs is 1. The third-order valence-corrected chi connectivity index (χ3v) is 10.4. The Kier molecular flexibility index (Phi) is 11.6. The van der Waals surface area contributed by atoms with Gasteiger partial charge in [-0.05, 0) is 48.2 Å². The molecule has 2 unspecified atom stereocenters. The number of likely N-dealkylation sites (tertiary alicyclic amines) is 1. The standard InChI is InChI=1S/C33H51N5O5S/c1-9-11-15-22(25(39)28(41)34-18-10-2)35-27(40)24-23-21(32(23,6)7)19-38(24)29(42)26(31(3,4)5)36-30(43)37-33(20-44-8)16-13-12-14-17-33/h1,10,21-24,26H,2,11-20H2,3-8H3,(H,34,41)(H,35,40)(H2,36,37,43)/t21?,22?,23-,24-,26+/m0/s1. The molecule has 1 saturated heterocycles. The molecular weight excluding hydrogens is 578 g/mol. The Morgan fingerprint density at radius 1 is 1.11 bits per heavy atom. The molecular formula is C33H51N5O5S. The maximum Gasteiger partial charge on any atom is 0.315 e. The van der Waals surface area contributed by atoms with Crippen molar-refractivity contribution >= 4 is 41.3 Å². The van der Waals surface area contributed by atoms with E-state index in [1.165, 1.54) is 6.08 Å². The maximum atomic E-state index is 14.3. The number of rotatable bonds is 13. The van der Waals surface area contributed by atoms with Crippen LogP contribution >= 0.6 is 11.8 Å². The van der Waals surface area contributed by atoms with Crippen LogP contribution in [0.2, 0.25) is 0 Å². The number of hydrogen-bond acceptors (Lipinski definition) is 6. The molecule has 5 amide bonds. The van der Waals surface area contributed by atoms with Crippen LogP contribution in [-0.4, -0.2) is 83.2 Å². The molecule has 0 radical (unpaired) electrons. The zero-order chi connectivity index (χ0) is 32.9. The van der Waals surface area contributed by atoms with Gasteiger partial charge in [-0.2, -0.15) is 11.8 Å². The molecule has 0 bridgehead atoms. The number of carbonyl (C=O) groups excluding carboxylic acids is 5. The summed E-state index contributed by atoms with van der Waals surface area (Å²) in [5.74, 6) is 0.762. The van der Waals surface area contributed by atoms with Gasteiger partial charge in [0.05, 0.1) is 11.6 Å². The molecule has 4 N–H and O–H groups in total. The maximum absolute atomic E-state index is 14.3. The zero-order valence-corrected chi connectivity index (χ0v) is 28.0. The van der Waals surface area contributed by atoms with Crippen LogP contribution in [0.4, 0.5) is 4.79 Å². The highest BCUT2D eigenvalue weighted by Gasteiger charge is 2.70. The van der Waals surface area contributed by atoms with E-state index in [1.807, 2.05) is 27.0 Å². The van der Waals surface area contributed by atoms with Crippen molar-refractivity contribution in [1.29, 1.82) is 0 Å². The quantitative estimate of drug-likeness (QED) is 0.141. The molecule has 10 nitrogen and oxygen atoms in total. The Morgan fingerprint density at radius 3 is 2.34 bits per heavy atom. The third kappa shape index (κ3) is 7.98. The molecule has 2 aliphatic carbocycles. The number of ketones is 1. The van der Waals surface area contributed by atoms with Crippen molar-refractivity contribution in [1.82, 2.24) is 26.2 Å². The summed E-state index contributed by atoms with van der Waals surface area (Å²) in [7, 11) is 0. The molecule has 1 heterocycles. The molecule has 44 heavy (non-hydrogen) atoms. The summed E-state index contributed by atoms with van der Waals surface area (Å²) in [6, 6.07) is -3.26. The van der Waals surface area contributed by atoms with Crippen molar-refractivity contribution in [3.63, 3.8) is 0 Å². The molecule has 3 rings (SSSR count). The summed E-state index contributed by atoms with van der Waals surface area (Å²) in [5, 5.41) is 11.4. The summed E-state index contributed by atoms with van der Waals surface area (Å²) in [6.07, 6.45) is 14.2. The van der Waals surface area contributed by atoms with Gasteiger partial charge in [0.25, 0.3) is 5.91 Å². The Bertz CT molecular complexity index is 1160. The van der Waals surface area contributed by atoms with Crippen LogP contribution in [0.3, 0.4) is 0 Å². The second-order valence-electron chi connectivity index (χ2n) is 14.2. The normalized spacial score (nSPS) is 24.5. The predicted octanol–water partition coefficient (Wildman–Crippen LogP) is 3.02. The molecule has 0 aromatic carbocycles. The number of hydrogen-bond donors (Lipinski definition) is 4. The highest BCUT2D eigenvalue weighted by Crippen LogP contribution is 2.65. The van der Waals surface area contributed by atoms with E-state index in [0.717, 1.165) is 37.9 Å². The second kappa shape index (κ2) is 14.4. The number of terminal acetylenes is 1. The Labute approximate surface area is 267 Å². The van der Waals surface area contributed by atoms with Gasteiger partial charge in [-0.1, -0.05) is 60.0 Å². The molecule has 1 aliphatic heterocycles. The van der Waals surface area contributed by atoms with E-state index in [-0.39, 0.29) is 54.1 Å². The van der Waals surface area contributed by atoms with Crippen LogP contribution in [0.15, 0.2) is 12.7 Å². The van der Waals surface area contributed by atoms with Gasteiger partial charge in [0.1, 0.15) is 12.1 Å². The molecule has 0 spiro atoms. The molecule has 244 valence electrons. The van der Waals surface area contributed by atoms with Gasteiger partial charge < -0.3 is 26.2 Å². The molecule has 3 aliphatic rings. The number of piperidine rings is 1. The first-order chi connectivity index (χ1) is 20.6. The van der Waals surface area contributed by atoms with Crippen molar-refractivity contribution in [3.8, 4) is 12.3 Å². The lowest BCUT2D eigenvalue weighted by Gasteiger charge is -2.40. The van der Waals surface area contributed by atoms with E-state index in [4.69, 9.17) is 6.42 Å². The summed E-state index contributed by atoms with van der Waals surface area (Å²) in [4.78, 5) is 68.6. The highest BCUT2D eigenvalue weighted by atomic mass is 32.2. The van der Waals surface area contributed by atoms with Gasteiger partial charge in [-0.15, -0.1) is 18.9 Å². The molecule has 2 saturated carbocycles. The van der Waals surface area contributed by atoms with E-state index in [1.54, 1.807) is 16.7 Å². The van der Waals surface area contributed by atoms with Crippen molar-refractivity contribution < 1.29 is 24.0 Å². The van der Waals surface area contributed by atoms with Crippen molar-refractivity contribution in [2.75, 3.05) is 25.1 Å². The molecule has 5 atom stereocenters. The second-order valence-corrected chi connectivity index (χ2v) is 15.1. The van der Waals surface area contributed by atoms with Gasteiger partial charge >= 0.3 is 6.03 Å². The Morgan fingerprint density at radius 2 is 1.77 bits per heavy atom. The Hall–Kier alpha value is -3.00. The summed E-state index contributed by atoms with van der Waals surface area (Å²) in [6.45, 7) is 13.8. The summed E-state index contributed by atoms with van der Waals surface area (Å²) >= 11 is 1.70. The topological polar surface area (TPSA) is 137 Å². The summed E-state index contributed by atoms with van der Waals surface area (Å²) < 4.78 is 0. The van der Waals surface area contributed by atoms with Crippen LogP contribution in [0.1, 0.15) is 79.6 Å². The molecule has 0 aromatic heterocycles. The predicted molar refractivity (Wildman–Crippen MR) is 174 cm³/mol. The molecule has 0 aromatic rings. The van der Waals surface area contributed by atoms with Crippen LogP contribution in [-0.2, 0) is 19.2 Å². The number of carbonyl (C=O) groups is 5. The first-order valence-electron chi connectivity index (χ1n) is 15.7. The first kappa shape index (κ1) is 35.5. The minimum absolute atomic E-state index is 0.0882. The van der Waals surface area contributed by atoms with Crippen LogP contribution in [0, 0.1) is 35.0 Å². The zero-order valence-electron chi connectivity index (χ0n) is 27.2. The van der Waals surface area contributed by atoms with Gasteiger partial charge in [-0.3, -0.25) is 19.2 Å². The monoisotopic (exact) mass is 629 g/mol. The van der Waals surface area contributed by atoms with Crippen LogP contribution < -0.4 is 21.3 Å². The van der Waals surface area contributed by atoms with Gasteiger partial charge in [-0.25, -0.2) is 4.79 Å². The molecule has 3 fully saturated rings. The first-order valence-corrected chi connectivity index (χ1v) is 17.1. The number of urea groups is 1. The highest BCUT2D eigenvalue weighted by molar-refractivity contribution is 7.98. The number of amides is 5. The lowest BCUT2D eigenvalue weighted by Crippen LogP contribution is -2.63. The lowest BCUT2D eigenvalue weighted by molar-refractivity contribution is -0.145. The van der Waals surface area contributed by atoms with E-state index in [9.17, 15) is 24.0 Å². The number of nitrogens with zero attached hydrogens (tertiary/aromatic N) is 1. The van der Waals surface area contributed by atoms with E-state index >= 15 is 0 Å². The fraction of sp³-hybridized carbons (Fsp3) is 0.727. The van der Waals surface area contributed by atoms with E-state index in [0.29, 0.717) is 6.54 Å². The number of thioether (sulfide) groups is 1. The minimum atomic E-state index is -1.13. The largest absolute Gasteiger partial charge is 0.346 e. The molecule has 11 heteroatoms. The van der Waals surface area contributed by atoms with Gasteiger partial charge in [0, 0.05) is 25.3 Å². The van der Waals surface area contributed by atoms with Crippen LogP contribution in [0.5, 0.6) is 0 Å². The van der Waals surface area contributed by atoms with Crippen molar-refractivity contribution in [2.45, 2.75) is 103 Å². The van der Waals surface area contributed by atoms with E-state index in [2.05, 4.69) is 47.6 Å². The fourth-order valence-electron chi connectivity index (χ4n) is 7.01. The Balaban J connectivity index is 1.82. The average molecular weight is 630 g/mol. The smallest absolute Gasteiger partial charge is 0.315 e. The number of Topliss-reactive ketones (excluding diaryl/α,β-unsaturated/α-hetero) is 1. The van der Waals surface area contributed by atoms with Gasteiger partial charge in [0.15, 0.2) is 0 Å². The van der Waals surface area contributed by atoms with E-state index < -0.39 is 41.1 Å². The number of nitrogens with one attached hydrogen (secondary N) is 4. The van der Waals surface area contributed by atoms with Crippen molar-refractivity contribution in [2.24, 2.45) is 22.7 Å². The minimum Gasteiger partial charge on any atom is -0.346 e. The fourth-order valence-corrected chi connectivity index (χ4v) is 7.92. The lowest BCUT2D eigenvalue weighted by atomic mass is 9.83. The van der Waals surface area contributed by atoms with Crippen molar-refractivity contribution in [3.05, 3.63) is 12.7 Å². The average Bonchev–Trinajstić information content (AvgIpc) is 3.28. The summed E-state index contributed by atoms with van der Waals surface area (Å²) in [5.41, 5.74) is -1.13. The third-order valence-electron chi connectivity index (χ3n) is 9.60. The SMILES string of the molecule is C#CCCC(NC(=O)[C@@H]1[C@@H]2C(CN1C(=O)[C@@H](NC(=O)NC1(CSC)CCCCC1)C(C)(C)C)C2(C)C)C(=O)C(=O)NCC=C.